The second-order valence-corrected chi connectivity index (χ2v) is 4.60. The summed E-state index contributed by atoms with van der Waals surface area (Å²) in [6, 6.07) is 3.51. The Bertz CT molecular complexity index is 380. The summed E-state index contributed by atoms with van der Waals surface area (Å²) >= 11 is 2.14. The van der Waals surface area contributed by atoms with Gasteiger partial charge in [-0.2, -0.15) is 0 Å². The lowest BCUT2D eigenvalue weighted by Crippen LogP contribution is -2.08. The van der Waals surface area contributed by atoms with Gasteiger partial charge < -0.3 is 14.2 Å². The minimum atomic E-state index is -0.338. The number of ether oxygens (including phenoxy) is 3. The van der Waals surface area contributed by atoms with Gasteiger partial charge in [0, 0.05) is 7.11 Å². The molecule has 0 aliphatic rings. The highest BCUT2D eigenvalue weighted by Crippen LogP contribution is 2.27. The van der Waals surface area contributed by atoms with Crippen LogP contribution in [0, 0.1) is 10.5 Å². The van der Waals surface area contributed by atoms with Crippen LogP contribution in [0.2, 0.25) is 0 Å². The molecule has 0 aliphatic carbocycles. The minimum absolute atomic E-state index is 0.338. The molecule has 0 unspecified atom stereocenters. The molecule has 5 heteroatoms. The third-order valence-corrected chi connectivity index (χ3v) is 2.99. The molecule has 0 saturated carbocycles. The smallest absolute Gasteiger partial charge is 0.337 e. The number of esters is 1. The van der Waals surface area contributed by atoms with Gasteiger partial charge in [0.05, 0.1) is 22.9 Å². The van der Waals surface area contributed by atoms with E-state index < -0.39 is 0 Å². The van der Waals surface area contributed by atoms with E-state index in [2.05, 4.69) is 27.3 Å². The van der Waals surface area contributed by atoms with Crippen molar-refractivity contribution < 1.29 is 19.0 Å². The van der Waals surface area contributed by atoms with E-state index in [9.17, 15) is 4.79 Å². The molecule has 0 N–H and O–H groups in total. The van der Waals surface area contributed by atoms with E-state index in [0.717, 1.165) is 14.9 Å². The van der Waals surface area contributed by atoms with Crippen molar-refractivity contribution in [3.8, 4) is 5.75 Å². The number of rotatable bonds is 5. The highest BCUT2D eigenvalue weighted by molar-refractivity contribution is 14.1. The normalized spacial score (nSPS) is 10.1. The number of carbonyl (C=O) groups is 1. The van der Waals surface area contributed by atoms with Crippen LogP contribution in [0.15, 0.2) is 12.1 Å². The Kier molecular flexibility index (Phi) is 5.70. The van der Waals surface area contributed by atoms with Crippen LogP contribution < -0.4 is 4.74 Å². The molecule has 0 atom stereocenters. The number of hydrogen-bond acceptors (Lipinski definition) is 4. The molecule has 4 nitrogen and oxygen atoms in total. The van der Waals surface area contributed by atoms with Crippen LogP contribution in [0.3, 0.4) is 0 Å². The van der Waals surface area contributed by atoms with E-state index in [1.54, 1.807) is 19.2 Å². The van der Waals surface area contributed by atoms with Crippen molar-refractivity contribution in [1.82, 2.24) is 0 Å². The second kappa shape index (κ2) is 6.80. The number of carbonyl (C=O) groups excluding carboxylic acids is 1. The largest absolute Gasteiger partial charge is 0.490 e. The molecule has 0 saturated heterocycles. The predicted octanol–water partition coefficient (Wildman–Crippen LogP) is 2.41. The summed E-state index contributed by atoms with van der Waals surface area (Å²) in [5, 5.41) is 0. The van der Waals surface area contributed by atoms with Crippen molar-refractivity contribution >= 4 is 28.6 Å². The van der Waals surface area contributed by atoms with Gasteiger partial charge in [0.15, 0.2) is 0 Å². The van der Waals surface area contributed by atoms with Gasteiger partial charge in [0.2, 0.25) is 0 Å². The van der Waals surface area contributed by atoms with Gasteiger partial charge >= 0.3 is 5.97 Å². The number of methoxy groups -OCH3 is 2. The van der Waals surface area contributed by atoms with Gasteiger partial charge in [-0.1, -0.05) is 0 Å². The lowest BCUT2D eigenvalue weighted by Gasteiger charge is -2.12. The zero-order valence-electron chi connectivity index (χ0n) is 10.1. The lowest BCUT2D eigenvalue weighted by atomic mass is 10.1. The predicted molar refractivity (Wildman–Crippen MR) is 72.6 cm³/mol. The van der Waals surface area contributed by atoms with E-state index in [1.165, 1.54) is 7.11 Å². The maximum Gasteiger partial charge on any atom is 0.337 e. The topological polar surface area (TPSA) is 44.8 Å². The minimum Gasteiger partial charge on any atom is -0.490 e. The van der Waals surface area contributed by atoms with Crippen LogP contribution >= 0.6 is 22.6 Å². The molecule has 0 radical (unpaired) electrons. The van der Waals surface area contributed by atoms with Crippen molar-refractivity contribution in [2.75, 3.05) is 27.4 Å². The first-order valence-corrected chi connectivity index (χ1v) is 6.18. The Morgan fingerprint density at radius 3 is 2.53 bits per heavy atom. The lowest BCUT2D eigenvalue weighted by molar-refractivity contribution is 0.0600. The van der Waals surface area contributed by atoms with Crippen molar-refractivity contribution in [1.29, 1.82) is 0 Å². The first-order valence-electron chi connectivity index (χ1n) is 5.10. The van der Waals surface area contributed by atoms with Crippen molar-refractivity contribution in [2.45, 2.75) is 6.92 Å². The van der Waals surface area contributed by atoms with Crippen LogP contribution in [-0.2, 0) is 9.47 Å². The first-order chi connectivity index (χ1) is 8.10. The fraction of sp³-hybridized carbons (Fsp3) is 0.417. The average Bonchev–Trinajstić information content (AvgIpc) is 2.31. The summed E-state index contributed by atoms with van der Waals surface area (Å²) in [5.74, 6) is 0.449. The summed E-state index contributed by atoms with van der Waals surface area (Å²) < 4.78 is 16.1. The molecule has 94 valence electrons. The Morgan fingerprint density at radius 1 is 1.29 bits per heavy atom. The molecule has 0 spiro atoms. The highest BCUT2D eigenvalue weighted by atomic mass is 127. The fourth-order valence-corrected chi connectivity index (χ4v) is 2.29. The number of benzene rings is 1. The van der Waals surface area contributed by atoms with Gasteiger partial charge in [-0.05, 0) is 47.2 Å². The van der Waals surface area contributed by atoms with Crippen molar-refractivity contribution in [2.24, 2.45) is 0 Å². The molecule has 1 aromatic rings. The summed E-state index contributed by atoms with van der Waals surface area (Å²) in [5.41, 5.74) is 1.45. The zero-order valence-corrected chi connectivity index (χ0v) is 12.2. The fourth-order valence-electron chi connectivity index (χ4n) is 1.38. The van der Waals surface area contributed by atoms with Crippen molar-refractivity contribution in [3.05, 3.63) is 26.8 Å². The molecule has 0 bridgehead atoms. The monoisotopic (exact) mass is 350 g/mol. The molecule has 1 rings (SSSR count). The van der Waals surface area contributed by atoms with E-state index in [1.807, 2.05) is 6.92 Å². The molecule has 0 heterocycles. The van der Waals surface area contributed by atoms with Gasteiger partial charge in [-0.3, -0.25) is 0 Å². The van der Waals surface area contributed by atoms with Crippen LogP contribution in [0.5, 0.6) is 5.75 Å². The van der Waals surface area contributed by atoms with Gasteiger partial charge in [-0.25, -0.2) is 4.79 Å². The average molecular weight is 350 g/mol. The summed E-state index contributed by atoms with van der Waals surface area (Å²) in [4.78, 5) is 11.4. The molecule has 1 aromatic carbocycles. The van der Waals surface area contributed by atoms with E-state index >= 15 is 0 Å². The van der Waals surface area contributed by atoms with Gasteiger partial charge in [-0.15, -0.1) is 0 Å². The third-order valence-electron chi connectivity index (χ3n) is 2.18. The summed E-state index contributed by atoms with van der Waals surface area (Å²) in [7, 11) is 3.00. The van der Waals surface area contributed by atoms with Gasteiger partial charge in [0.1, 0.15) is 12.4 Å². The quantitative estimate of drug-likeness (QED) is 0.465. The van der Waals surface area contributed by atoms with Gasteiger partial charge in [0.25, 0.3) is 0 Å². The molecular formula is C12H15IO4. The molecular weight excluding hydrogens is 335 g/mol. The highest BCUT2D eigenvalue weighted by Gasteiger charge is 2.12. The third kappa shape index (κ3) is 3.85. The maximum absolute atomic E-state index is 11.4. The van der Waals surface area contributed by atoms with E-state index in [4.69, 9.17) is 9.47 Å². The SMILES string of the molecule is COCCOc1c(C)cc(C(=O)OC)cc1I. The van der Waals surface area contributed by atoms with Crippen LogP contribution in [-0.4, -0.2) is 33.4 Å². The molecule has 0 aliphatic heterocycles. The Balaban J connectivity index is 2.90. The summed E-state index contributed by atoms with van der Waals surface area (Å²) in [6.07, 6.45) is 0. The molecule has 0 aromatic heterocycles. The van der Waals surface area contributed by atoms with E-state index in [0.29, 0.717) is 18.8 Å². The number of halogens is 1. The van der Waals surface area contributed by atoms with Crippen molar-refractivity contribution in [3.63, 3.8) is 0 Å². The molecule has 0 amide bonds. The van der Waals surface area contributed by atoms with Crippen LogP contribution in [0.4, 0.5) is 0 Å². The molecule has 0 fully saturated rings. The summed E-state index contributed by atoms with van der Waals surface area (Å²) in [6.45, 7) is 2.93. The second-order valence-electron chi connectivity index (χ2n) is 3.44. The maximum atomic E-state index is 11.4. The standard InChI is InChI=1S/C12H15IO4/c1-8-6-9(12(14)16-3)7-10(13)11(8)17-5-4-15-2/h6-7H,4-5H2,1-3H3. The molecule has 17 heavy (non-hydrogen) atoms. The van der Waals surface area contributed by atoms with Crippen LogP contribution in [0.1, 0.15) is 15.9 Å². The van der Waals surface area contributed by atoms with E-state index in [-0.39, 0.29) is 5.97 Å². The number of aryl methyl sites for hydroxylation is 1. The number of hydrogen-bond donors (Lipinski definition) is 0. The van der Waals surface area contributed by atoms with Crippen LogP contribution in [0.25, 0.3) is 0 Å². The first kappa shape index (κ1) is 14.2. The Labute approximate surface area is 114 Å². The Morgan fingerprint density at radius 2 is 2.00 bits per heavy atom. The Hall–Kier alpha value is -0.820. The zero-order chi connectivity index (χ0) is 12.8.